The fraction of sp³-hybridized carbons (Fsp3) is 1.00. The standard InChI is InChI=1S/C18H39NO5S/c1-3-4-5-6-7-8-9-10-11-12-13-19(14-16-20,15-17-21)18(2)25(22,23)24/h18,20-21H,3-17H2,1-2H3. The fourth-order valence-corrected chi connectivity index (χ4v) is 4.33. The van der Waals surface area contributed by atoms with Gasteiger partial charge in [-0.05, 0) is 12.8 Å². The van der Waals surface area contributed by atoms with E-state index >= 15 is 0 Å². The number of rotatable bonds is 17. The second-order valence-corrected chi connectivity index (χ2v) is 8.78. The molecule has 0 heterocycles. The molecule has 0 aromatic heterocycles. The molecule has 0 saturated carbocycles. The maximum atomic E-state index is 11.5. The molecule has 0 saturated heterocycles. The zero-order valence-electron chi connectivity index (χ0n) is 16.2. The summed E-state index contributed by atoms with van der Waals surface area (Å²) >= 11 is 0. The Balaban J connectivity index is 4.27. The summed E-state index contributed by atoms with van der Waals surface area (Å²) in [4.78, 5) is 0. The largest absolute Gasteiger partial charge is 0.743 e. The maximum absolute atomic E-state index is 11.5. The summed E-state index contributed by atoms with van der Waals surface area (Å²) in [5, 5.41) is 17.5. The normalized spacial score (nSPS) is 14.0. The molecule has 0 aliphatic heterocycles. The van der Waals surface area contributed by atoms with Gasteiger partial charge in [-0.25, -0.2) is 8.42 Å². The quantitative estimate of drug-likeness (QED) is 0.229. The number of aliphatic hydroxyl groups excluding tert-OH is 2. The Bertz CT molecular complexity index is 408. The van der Waals surface area contributed by atoms with Gasteiger partial charge in [-0.15, -0.1) is 0 Å². The van der Waals surface area contributed by atoms with Crippen molar-refractivity contribution >= 4 is 10.1 Å². The number of hydrogen-bond acceptors (Lipinski definition) is 5. The molecule has 1 unspecified atom stereocenters. The predicted molar refractivity (Wildman–Crippen MR) is 100 cm³/mol. The maximum Gasteiger partial charge on any atom is 0.176 e. The monoisotopic (exact) mass is 381 g/mol. The molecule has 1 atom stereocenters. The highest BCUT2D eigenvalue weighted by atomic mass is 32.2. The number of unbranched alkanes of at least 4 members (excludes halogenated alkanes) is 9. The highest BCUT2D eigenvalue weighted by molar-refractivity contribution is 7.86. The van der Waals surface area contributed by atoms with Crippen molar-refractivity contribution in [2.24, 2.45) is 0 Å². The van der Waals surface area contributed by atoms with Gasteiger partial charge in [-0.1, -0.05) is 58.3 Å². The van der Waals surface area contributed by atoms with E-state index in [0.29, 0.717) is 6.54 Å². The summed E-state index contributed by atoms with van der Waals surface area (Å²) in [6, 6.07) is 0. The Morgan fingerprint density at radius 3 is 1.56 bits per heavy atom. The van der Waals surface area contributed by atoms with Crippen LogP contribution in [-0.4, -0.2) is 65.9 Å². The minimum Gasteiger partial charge on any atom is -0.743 e. The molecular formula is C18H39NO5S. The number of quaternary nitrogens is 1. The van der Waals surface area contributed by atoms with Crippen LogP contribution in [0.15, 0.2) is 0 Å². The van der Waals surface area contributed by atoms with Gasteiger partial charge < -0.3 is 19.2 Å². The fourth-order valence-electron chi connectivity index (χ4n) is 3.47. The zero-order chi connectivity index (χ0) is 19.2. The third-order valence-corrected chi connectivity index (χ3v) is 6.52. The van der Waals surface area contributed by atoms with Crippen LogP contribution in [-0.2, 0) is 10.1 Å². The molecule has 0 spiro atoms. The molecular weight excluding hydrogens is 342 g/mol. The lowest BCUT2D eigenvalue weighted by atomic mass is 10.1. The van der Waals surface area contributed by atoms with Gasteiger partial charge in [0.05, 0.1) is 19.8 Å². The van der Waals surface area contributed by atoms with Crippen LogP contribution in [0.1, 0.15) is 78.1 Å². The molecule has 0 amide bonds. The summed E-state index contributed by atoms with van der Waals surface area (Å²) in [6.07, 6.45) is 11.8. The molecule has 0 aromatic rings. The van der Waals surface area contributed by atoms with E-state index in [9.17, 15) is 23.2 Å². The summed E-state index contributed by atoms with van der Waals surface area (Å²) in [5.41, 5.74) is 0. The molecule has 7 heteroatoms. The second kappa shape index (κ2) is 13.9. The zero-order valence-corrected chi connectivity index (χ0v) is 17.0. The van der Waals surface area contributed by atoms with Gasteiger partial charge >= 0.3 is 0 Å². The van der Waals surface area contributed by atoms with E-state index < -0.39 is 15.5 Å². The molecule has 25 heavy (non-hydrogen) atoms. The van der Waals surface area contributed by atoms with Crippen molar-refractivity contribution < 1.29 is 27.7 Å². The van der Waals surface area contributed by atoms with Gasteiger partial charge in [0, 0.05) is 6.92 Å². The number of aliphatic hydroxyl groups is 2. The van der Waals surface area contributed by atoms with Crippen LogP contribution in [0, 0.1) is 0 Å². The van der Waals surface area contributed by atoms with Crippen molar-refractivity contribution in [1.29, 1.82) is 0 Å². The predicted octanol–water partition coefficient (Wildman–Crippen LogP) is 2.60. The number of hydrogen-bond donors (Lipinski definition) is 2. The lowest BCUT2D eigenvalue weighted by Gasteiger charge is -2.43. The lowest BCUT2D eigenvalue weighted by Crippen LogP contribution is -2.60. The average Bonchev–Trinajstić information content (AvgIpc) is 2.55. The lowest BCUT2D eigenvalue weighted by molar-refractivity contribution is -0.937. The van der Waals surface area contributed by atoms with Crippen LogP contribution in [0.2, 0.25) is 0 Å². The summed E-state index contributed by atoms with van der Waals surface area (Å²) in [5.74, 6) is 0. The van der Waals surface area contributed by atoms with Crippen molar-refractivity contribution in [2.45, 2.75) is 83.4 Å². The van der Waals surface area contributed by atoms with Gasteiger partial charge in [0.2, 0.25) is 0 Å². The minimum atomic E-state index is -4.47. The Labute approximate surface area is 154 Å². The van der Waals surface area contributed by atoms with Gasteiger partial charge in [0.15, 0.2) is 5.37 Å². The van der Waals surface area contributed by atoms with Crippen LogP contribution in [0.3, 0.4) is 0 Å². The second-order valence-electron chi connectivity index (χ2n) is 7.11. The number of nitrogens with zero attached hydrogens (tertiary/aromatic N) is 1. The van der Waals surface area contributed by atoms with Crippen LogP contribution in [0.5, 0.6) is 0 Å². The van der Waals surface area contributed by atoms with Gasteiger partial charge in [-0.3, -0.25) is 0 Å². The Hall–Kier alpha value is -0.210. The first kappa shape index (κ1) is 24.8. The Kier molecular flexibility index (Phi) is 13.8. The SMILES string of the molecule is CCCCCCCCCCCC[N+](CCO)(CCO)C(C)S(=O)(=O)[O-]. The smallest absolute Gasteiger partial charge is 0.176 e. The molecule has 0 aromatic carbocycles. The van der Waals surface area contributed by atoms with Crippen molar-refractivity contribution in [3.63, 3.8) is 0 Å². The minimum absolute atomic E-state index is 0.0458. The van der Waals surface area contributed by atoms with E-state index in [1.54, 1.807) is 0 Å². The summed E-state index contributed by atoms with van der Waals surface area (Å²) < 4.78 is 34.4. The molecule has 152 valence electrons. The molecule has 0 rings (SSSR count). The van der Waals surface area contributed by atoms with Crippen molar-refractivity contribution in [3.05, 3.63) is 0 Å². The van der Waals surface area contributed by atoms with Gasteiger partial charge in [0.25, 0.3) is 0 Å². The molecule has 0 aliphatic carbocycles. The van der Waals surface area contributed by atoms with E-state index in [0.717, 1.165) is 19.3 Å². The van der Waals surface area contributed by atoms with E-state index in [1.165, 1.54) is 51.9 Å². The van der Waals surface area contributed by atoms with E-state index in [-0.39, 0.29) is 30.8 Å². The van der Waals surface area contributed by atoms with Gasteiger partial charge in [0.1, 0.15) is 23.2 Å². The molecule has 0 fully saturated rings. The third kappa shape index (κ3) is 10.5. The molecule has 2 N–H and O–H groups in total. The van der Waals surface area contributed by atoms with Crippen LogP contribution in [0.25, 0.3) is 0 Å². The topological polar surface area (TPSA) is 97.7 Å². The van der Waals surface area contributed by atoms with E-state index in [1.807, 2.05) is 0 Å². The highest BCUT2D eigenvalue weighted by Crippen LogP contribution is 2.20. The van der Waals surface area contributed by atoms with Crippen LogP contribution >= 0.6 is 0 Å². The Morgan fingerprint density at radius 1 is 0.800 bits per heavy atom. The third-order valence-electron chi connectivity index (χ3n) is 5.24. The highest BCUT2D eigenvalue weighted by Gasteiger charge is 2.36. The van der Waals surface area contributed by atoms with Crippen molar-refractivity contribution in [3.8, 4) is 0 Å². The summed E-state index contributed by atoms with van der Waals surface area (Å²) in [7, 11) is -4.47. The average molecular weight is 382 g/mol. The van der Waals surface area contributed by atoms with Crippen molar-refractivity contribution in [2.75, 3.05) is 32.8 Å². The van der Waals surface area contributed by atoms with E-state index in [2.05, 4.69) is 6.92 Å². The van der Waals surface area contributed by atoms with E-state index in [4.69, 9.17) is 0 Å². The van der Waals surface area contributed by atoms with Crippen LogP contribution < -0.4 is 0 Å². The first-order chi connectivity index (χ1) is 11.8. The first-order valence-corrected chi connectivity index (χ1v) is 11.3. The first-order valence-electron chi connectivity index (χ1n) is 9.86. The molecule has 0 aliphatic rings. The molecule has 0 bridgehead atoms. The molecule has 0 radical (unpaired) electrons. The van der Waals surface area contributed by atoms with Crippen molar-refractivity contribution in [1.82, 2.24) is 0 Å². The van der Waals surface area contributed by atoms with Crippen LogP contribution in [0.4, 0.5) is 0 Å². The summed E-state index contributed by atoms with van der Waals surface area (Å²) in [6.45, 7) is 4.08. The van der Waals surface area contributed by atoms with Gasteiger partial charge in [-0.2, -0.15) is 0 Å². The molecule has 6 nitrogen and oxygen atoms in total. The Morgan fingerprint density at radius 2 is 1.20 bits per heavy atom.